The average Bonchev–Trinajstić information content (AvgIpc) is 2.42. The minimum atomic E-state index is -11.8. The van der Waals surface area contributed by atoms with Gasteiger partial charge in [0.05, 0.1) is 0 Å². The van der Waals surface area contributed by atoms with E-state index in [1.165, 1.54) is 0 Å². The van der Waals surface area contributed by atoms with E-state index in [1.807, 2.05) is 0 Å². The SMILES string of the molecule is CCCC(F)(F)Cc1ccc(CC(F)(F)CCC)c(S(F)(F)(F)(F)F)c1S(F)(F)(F)(F)F. The van der Waals surface area contributed by atoms with E-state index in [1.54, 1.807) is 0 Å². The summed E-state index contributed by atoms with van der Waals surface area (Å²) in [5.41, 5.74) is -4.90. The van der Waals surface area contributed by atoms with Crippen molar-refractivity contribution in [3.63, 3.8) is 0 Å². The first kappa shape index (κ1) is 29.0. The lowest BCUT2D eigenvalue weighted by Gasteiger charge is -2.50. The second-order valence-corrected chi connectivity index (χ2v) is 12.2. The predicted molar refractivity (Wildman–Crippen MR) is 96.4 cm³/mol. The molecular formula is C16H20F14S2. The van der Waals surface area contributed by atoms with Gasteiger partial charge >= 0.3 is 20.4 Å². The normalized spacial score (nSPS) is 18.5. The van der Waals surface area contributed by atoms with Gasteiger partial charge in [-0.3, -0.25) is 0 Å². The summed E-state index contributed by atoms with van der Waals surface area (Å²) in [6.07, 6.45) is -8.14. The van der Waals surface area contributed by atoms with Crippen molar-refractivity contribution < 1.29 is 56.4 Å². The smallest absolute Gasteiger partial charge is 0.207 e. The molecule has 0 saturated heterocycles. The van der Waals surface area contributed by atoms with Crippen LogP contribution in [0.5, 0.6) is 0 Å². The monoisotopic (exact) mass is 542 g/mol. The lowest BCUT2D eigenvalue weighted by atomic mass is 9.98. The standard InChI is InChI=1S/C16H20F14S2/c1-3-7-15(17,18)9-11-5-6-12(10-16(19,20)8-4-2)14(32(26,27,28,29)30)13(11)31(21,22,23,24)25/h5-6H,3-4,7-10H2,1-2H3. The highest BCUT2D eigenvalue weighted by Crippen LogP contribution is 3.10. The Labute approximate surface area is 174 Å². The van der Waals surface area contributed by atoms with Gasteiger partial charge in [-0.15, -0.1) is 0 Å². The summed E-state index contributed by atoms with van der Waals surface area (Å²) < 4.78 is 192. The fraction of sp³-hybridized carbons (Fsp3) is 0.625. The summed E-state index contributed by atoms with van der Waals surface area (Å²) in [5.74, 6) is -8.54. The average molecular weight is 542 g/mol. The van der Waals surface area contributed by atoms with E-state index < -0.39 is 91.7 Å². The van der Waals surface area contributed by atoms with Crippen LogP contribution >= 0.6 is 20.4 Å². The molecule has 32 heavy (non-hydrogen) atoms. The maximum absolute atomic E-state index is 13.8. The summed E-state index contributed by atoms with van der Waals surface area (Å²) in [7, 11) is -23.5. The maximum Gasteiger partial charge on any atom is 0.312 e. The van der Waals surface area contributed by atoms with Crippen molar-refractivity contribution in [1.29, 1.82) is 0 Å². The minimum absolute atomic E-state index is 0.304. The minimum Gasteiger partial charge on any atom is -0.207 e. The number of benzene rings is 1. The first-order valence-corrected chi connectivity index (χ1v) is 12.8. The van der Waals surface area contributed by atoms with Crippen LogP contribution in [0.25, 0.3) is 0 Å². The first-order valence-electron chi connectivity index (χ1n) is 8.90. The molecule has 0 aromatic heterocycles. The van der Waals surface area contributed by atoms with E-state index in [2.05, 4.69) is 0 Å². The summed E-state index contributed by atoms with van der Waals surface area (Å²) >= 11 is 0. The van der Waals surface area contributed by atoms with Gasteiger partial charge in [0.1, 0.15) is 9.79 Å². The molecule has 0 aliphatic carbocycles. The molecule has 0 heterocycles. The number of alkyl halides is 4. The van der Waals surface area contributed by atoms with Gasteiger partial charge < -0.3 is 0 Å². The quantitative estimate of drug-likeness (QED) is 0.258. The molecule has 0 fully saturated rings. The van der Waals surface area contributed by atoms with E-state index in [4.69, 9.17) is 0 Å². The van der Waals surface area contributed by atoms with Gasteiger partial charge in [0.25, 0.3) is 11.8 Å². The van der Waals surface area contributed by atoms with Crippen LogP contribution in [0.15, 0.2) is 21.9 Å². The second-order valence-electron chi connectivity index (χ2n) is 7.55. The van der Waals surface area contributed by atoms with E-state index >= 15 is 0 Å². The Kier molecular flexibility index (Phi) is 6.11. The van der Waals surface area contributed by atoms with Crippen LogP contribution in [0.4, 0.5) is 56.4 Å². The number of halogens is 14. The Hall–Kier alpha value is -1.06. The van der Waals surface area contributed by atoms with Gasteiger partial charge in [-0.05, 0) is 11.1 Å². The number of hydrogen-bond donors (Lipinski definition) is 0. The lowest BCUT2D eigenvalue weighted by molar-refractivity contribution is -0.0105. The van der Waals surface area contributed by atoms with Crippen molar-refractivity contribution in [3.8, 4) is 0 Å². The van der Waals surface area contributed by atoms with Gasteiger partial charge in [0.15, 0.2) is 0 Å². The van der Waals surface area contributed by atoms with Crippen molar-refractivity contribution in [2.75, 3.05) is 0 Å². The number of rotatable bonds is 10. The van der Waals surface area contributed by atoms with Crippen molar-refractivity contribution >= 4 is 20.4 Å². The molecule has 0 atom stereocenters. The molecule has 0 N–H and O–H groups in total. The number of hydrogen-bond acceptors (Lipinski definition) is 0. The lowest BCUT2D eigenvalue weighted by Crippen LogP contribution is -2.27. The van der Waals surface area contributed by atoms with Gasteiger partial charge in [0.2, 0.25) is 0 Å². The van der Waals surface area contributed by atoms with Crippen LogP contribution in [0.1, 0.15) is 50.7 Å². The highest BCUT2D eigenvalue weighted by Gasteiger charge is 2.77. The molecule has 0 spiro atoms. The highest BCUT2D eigenvalue weighted by molar-refractivity contribution is 8.48. The Morgan fingerprint density at radius 3 is 1.00 bits per heavy atom. The summed E-state index contributed by atoms with van der Waals surface area (Å²) in [5, 5.41) is 0. The van der Waals surface area contributed by atoms with E-state index in [9.17, 15) is 56.4 Å². The van der Waals surface area contributed by atoms with Crippen molar-refractivity contribution in [3.05, 3.63) is 23.3 Å². The molecule has 1 aromatic carbocycles. The van der Waals surface area contributed by atoms with Crippen molar-refractivity contribution in [1.82, 2.24) is 0 Å². The van der Waals surface area contributed by atoms with Crippen LogP contribution in [0, 0.1) is 0 Å². The van der Waals surface area contributed by atoms with Gasteiger partial charge in [0, 0.05) is 25.7 Å². The first-order chi connectivity index (χ1) is 13.5. The van der Waals surface area contributed by atoms with Crippen molar-refractivity contribution in [2.24, 2.45) is 0 Å². The van der Waals surface area contributed by atoms with Crippen LogP contribution in [-0.2, 0) is 12.8 Å². The van der Waals surface area contributed by atoms with E-state index in [0.717, 1.165) is 13.8 Å². The third-order valence-corrected chi connectivity index (χ3v) is 6.78. The molecule has 194 valence electrons. The zero-order chi connectivity index (χ0) is 25.8. The van der Waals surface area contributed by atoms with Gasteiger partial charge in [-0.25, -0.2) is 17.6 Å². The Morgan fingerprint density at radius 1 is 0.562 bits per heavy atom. The van der Waals surface area contributed by atoms with Crippen LogP contribution in [0.3, 0.4) is 0 Å². The Balaban J connectivity index is 4.20. The fourth-order valence-electron chi connectivity index (χ4n) is 3.23. The molecule has 0 radical (unpaired) electrons. The predicted octanol–water partition coefficient (Wildman–Crippen LogP) is 11.0. The molecule has 0 unspecified atom stereocenters. The molecule has 0 amide bonds. The molecule has 0 saturated carbocycles. The molecule has 0 aliphatic heterocycles. The maximum atomic E-state index is 13.8. The summed E-state index contributed by atoms with van der Waals surface area (Å²) in [6, 6.07) is -0.609. The van der Waals surface area contributed by atoms with E-state index in [-0.39, 0.29) is 12.1 Å². The molecule has 0 aliphatic rings. The Bertz CT molecular complexity index is 794. The fourth-order valence-corrected chi connectivity index (χ4v) is 6.41. The van der Waals surface area contributed by atoms with Gasteiger partial charge in [-0.1, -0.05) is 77.7 Å². The van der Waals surface area contributed by atoms with E-state index in [0.29, 0.717) is 0 Å². The zero-order valence-electron chi connectivity index (χ0n) is 16.5. The molecule has 0 nitrogen and oxygen atoms in total. The Morgan fingerprint density at radius 2 is 0.812 bits per heavy atom. The highest BCUT2D eigenvalue weighted by atomic mass is 32.5. The molecule has 1 aromatic rings. The zero-order valence-corrected chi connectivity index (χ0v) is 18.1. The van der Waals surface area contributed by atoms with Gasteiger partial charge in [-0.2, -0.15) is 0 Å². The second kappa shape index (κ2) is 6.75. The van der Waals surface area contributed by atoms with Crippen LogP contribution < -0.4 is 0 Å². The summed E-state index contributed by atoms with van der Waals surface area (Å²) in [4.78, 5) is -8.57. The van der Waals surface area contributed by atoms with Crippen LogP contribution in [-0.4, -0.2) is 11.8 Å². The third-order valence-electron chi connectivity index (χ3n) is 4.18. The topological polar surface area (TPSA) is 0 Å². The molecule has 16 heteroatoms. The molecule has 0 bridgehead atoms. The largest absolute Gasteiger partial charge is 0.312 e. The summed E-state index contributed by atoms with van der Waals surface area (Å²) in [6.45, 7) is 2.19. The van der Waals surface area contributed by atoms with Crippen molar-refractivity contribution in [2.45, 2.75) is 74.0 Å². The van der Waals surface area contributed by atoms with Crippen LogP contribution in [0.2, 0.25) is 0 Å². The third kappa shape index (κ3) is 7.76. The molecule has 1 rings (SSSR count). The molecular weight excluding hydrogens is 522 g/mol.